The molecule has 1 aliphatic rings. The van der Waals surface area contributed by atoms with E-state index in [1.807, 2.05) is 31.0 Å². The number of nitrogen functional groups attached to an aromatic ring is 1. The second-order valence-electron chi connectivity index (χ2n) is 5.77. The van der Waals surface area contributed by atoms with Gasteiger partial charge in [-0.15, -0.1) is 0 Å². The minimum absolute atomic E-state index is 0.0463. The number of halogens is 1. The largest absolute Gasteiger partial charge is 0.398 e. The van der Waals surface area contributed by atoms with Crippen molar-refractivity contribution in [3.63, 3.8) is 0 Å². The molecule has 0 bridgehead atoms. The first-order chi connectivity index (χ1) is 9.38. The summed E-state index contributed by atoms with van der Waals surface area (Å²) in [7, 11) is 4.00. The van der Waals surface area contributed by atoms with Gasteiger partial charge in [-0.2, -0.15) is 0 Å². The Morgan fingerprint density at radius 1 is 1.55 bits per heavy atom. The molecule has 1 aliphatic heterocycles. The van der Waals surface area contributed by atoms with Crippen LogP contribution in [0.25, 0.3) is 0 Å². The van der Waals surface area contributed by atoms with Crippen LogP contribution in [0.3, 0.4) is 0 Å². The second kappa shape index (κ2) is 6.14. The lowest BCUT2D eigenvalue weighted by molar-refractivity contribution is 0.0773. The molecule has 1 unspecified atom stereocenters. The van der Waals surface area contributed by atoms with Gasteiger partial charge in [-0.25, -0.2) is 0 Å². The van der Waals surface area contributed by atoms with E-state index in [2.05, 4.69) is 27.9 Å². The van der Waals surface area contributed by atoms with Gasteiger partial charge in [0.25, 0.3) is 5.91 Å². The zero-order valence-corrected chi connectivity index (χ0v) is 13.9. The van der Waals surface area contributed by atoms with Crippen molar-refractivity contribution >= 4 is 27.5 Å². The summed E-state index contributed by atoms with van der Waals surface area (Å²) in [6.07, 6.45) is 1.16. The Kier molecular flexibility index (Phi) is 4.70. The Labute approximate surface area is 129 Å². The molecule has 1 aromatic rings. The molecule has 0 radical (unpaired) electrons. The van der Waals surface area contributed by atoms with Gasteiger partial charge in [-0.05, 0) is 50.6 Å². The molecule has 1 atom stereocenters. The standard InChI is InChI=1S/C15H22BrN3O/c1-10-13(6-12(16)7-14(10)17)15(20)19(3)9-11-4-5-18(2)8-11/h6-7,11H,4-5,8-9,17H2,1-3H3. The van der Waals surface area contributed by atoms with E-state index in [-0.39, 0.29) is 5.91 Å². The van der Waals surface area contributed by atoms with Crippen molar-refractivity contribution in [3.8, 4) is 0 Å². The number of benzene rings is 1. The predicted molar refractivity (Wildman–Crippen MR) is 85.9 cm³/mol. The molecule has 1 fully saturated rings. The molecule has 5 heteroatoms. The summed E-state index contributed by atoms with van der Waals surface area (Å²) in [5.74, 6) is 0.615. The number of anilines is 1. The third-order valence-corrected chi connectivity index (χ3v) is 4.47. The normalized spacial score (nSPS) is 19.3. The number of hydrogen-bond donors (Lipinski definition) is 1. The van der Waals surface area contributed by atoms with Gasteiger partial charge in [-0.1, -0.05) is 15.9 Å². The van der Waals surface area contributed by atoms with Crippen molar-refractivity contribution in [1.82, 2.24) is 9.80 Å². The first-order valence-corrected chi connectivity index (χ1v) is 7.67. The zero-order valence-electron chi connectivity index (χ0n) is 12.3. The quantitative estimate of drug-likeness (QED) is 0.860. The SMILES string of the molecule is Cc1c(N)cc(Br)cc1C(=O)N(C)CC1CCN(C)C1. The molecule has 1 aromatic carbocycles. The van der Waals surface area contributed by atoms with Crippen LogP contribution in [0.4, 0.5) is 5.69 Å². The maximum absolute atomic E-state index is 12.6. The van der Waals surface area contributed by atoms with Gasteiger partial charge >= 0.3 is 0 Å². The number of nitrogens with zero attached hydrogens (tertiary/aromatic N) is 2. The van der Waals surface area contributed by atoms with Crippen molar-refractivity contribution < 1.29 is 4.79 Å². The Bertz CT molecular complexity index is 518. The molecule has 0 saturated carbocycles. The summed E-state index contributed by atoms with van der Waals surface area (Å²) in [4.78, 5) is 16.7. The van der Waals surface area contributed by atoms with Gasteiger partial charge in [-0.3, -0.25) is 4.79 Å². The molecular formula is C15H22BrN3O. The molecule has 2 N–H and O–H groups in total. The molecule has 2 rings (SSSR count). The van der Waals surface area contributed by atoms with E-state index in [0.717, 1.165) is 36.1 Å². The molecule has 110 valence electrons. The highest BCUT2D eigenvalue weighted by atomic mass is 79.9. The van der Waals surface area contributed by atoms with E-state index in [1.54, 1.807) is 0 Å². The molecule has 0 aromatic heterocycles. The Balaban J connectivity index is 2.10. The van der Waals surface area contributed by atoms with Crippen LogP contribution in [0.2, 0.25) is 0 Å². The van der Waals surface area contributed by atoms with Gasteiger partial charge in [0.15, 0.2) is 0 Å². The maximum Gasteiger partial charge on any atom is 0.253 e. The van der Waals surface area contributed by atoms with Gasteiger partial charge in [0.1, 0.15) is 0 Å². The van der Waals surface area contributed by atoms with E-state index in [9.17, 15) is 4.79 Å². The predicted octanol–water partition coefficient (Wildman–Crippen LogP) is 2.36. The average Bonchev–Trinajstić information content (AvgIpc) is 2.78. The highest BCUT2D eigenvalue weighted by Gasteiger charge is 2.24. The van der Waals surface area contributed by atoms with Crippen LogP contribution in [0.1, 0.15) is 22.3 Å². The summed E-state index contributed by atoms with van der Waals surface area (Å²) in [6, 6.07) is 3.68. The molecular weight excluding hydrogens is 318 g/mol. The van der Waals surface area contributed by atoms with Crippen molar-refractivity contribution in [1.29, 1.82) is 0 Å². The highest BCUT2D eigenvalue weighted by molar-refractivity contribution is 9.10. The van der Waals surface area contributed by atoms with E-state index < -0.39 is 0 Å². The Morgan fingerprint density at radius 3 is 2.85 bits per heavy atom. The summed E-state index contributed by atoms with van der Waals surface area (Å²) < 4.78 is 0.845. The summed E-state index contributed by atoms with van der Waals surface area (Å²) in [5.41, 5.74) is 8.12. The van der Waals surface area contributed by atoms with Gasteiger partial charge in [0, 0.05) is 35.9 Å². The van der Waals surface area contributed by atoms with Crippen molar-refractivity contribution in [2.24, 2.45) is 5.92 Å². The topological polar surface area (TPSA) is 49.6 Å². The minimum atomic E-state index is 0.0463. The van der Waals surface area contributed by atoms with Crippen LogP contribution < -0.4 is 5.73 Å². The lowest BCUT2D eigenvalue weighted by atomic mass is 10.0. The van der Waals surface area contributed by atoms with Crippen molar-refractivity contribution in [3.05, 3.63) is 27.7 Å². The fourth-order valence-electron chi connectivity index (χ4n) is 2.77. The van der Waals surface area contributed by atoms with Crippen LogP contribution >= 0.6 is 15.9 Å². The maximum atomic E-state index is 12.6. The van der Waals surface area contributed by atoms with E-state index in [4.69, 9.17) is 5.73 Å². The van der Waals surface area contributed by atoms with E-state index in [0.29, 0.717) is 17.2 Å². The Morgan fingerprint density at radius 2 is 2.25 bits per heavy atom. The van der Waals surface area contributed by atoms with Crippen molar-refractivity contribution in [2.45, 2.75) is 13.3 Å². The smallest absolute Gasteiger partial charge is 0.253 e. The summed E-state index contributed by atoms with van der Waals surface area (Å²) >= 11 is 3.40. The van der Waals surface area contributed by atoms with Crippen LogP contribution in [-0.4, -0.2) is 49.4 Å². The monoisotopic (exact) mass is 339 g/mol. The van der Waals surface area contributed by atoms with Gasteiger partial charge < -0.3 is 15.5 Å². The lowest BCUT2D eigenvalue weighted by Crippen LogP contribution is -2.33. The van der Waals surface area contributed by atoms with Crippen LogP contribution in [0, 0.1) is 12.8 Å². The highest BCUT2D eigenvalue weighted by Crippen LogP contribution is 2.24. The minimum Gasteiger partial charge on any atom is -0.398 e. The average molecular weight is 340 g/mol. The number of nitrogens with two attached hydrogens (primary N) is 1. The third-order valence-electron chi connectivity index (χ3n) is 4.01. The number of likely N-dealkylation sites (tertiary alicyclic amines) is 1. The van der Waals surface area contributed by atoms with Crippen LogP contribution in [0.15, 0.2) is 16.6 Å². The van der Waals surface area contributed by atoms with Crippen LogP contribution in [0.5, 0.6) is 0 Å². The number of hydrogen-bond acceptors (Lipinski definition) is 3. The molecule has 0 aliphatic carbocycles. The first-order valence-electron chi connectivity index (χ1n) is 6.88. The molecule has 1 amide bonds. The third kappa shape index (κ3) is 3.33. The van der Waals surface area contributed by atoms with E-state index in [1.165, 1.54) is 0 Å². The summed E-state index contributed by atoms with van der Waals surface area (Å²) in [6.45, 7) is 4.88. The molecule has 1 saturated heterocycles. The summed E-state index contributed by atoms with van der Waals surface area (Å²) in [5, 5.41) is 0. The number of rotatable bonds is 3. The first kappa shape index (κ1) is 15.3. The fraction of sp³-hybridized carbons (Fsp3) is 0.533. The van der Waals surface area contributed by atoms with E-state index >= 15 is 0 Å². The fourth-order valence-corrected chi connectivity index (χ4v) is 3.25. The molecule has 1 heterocycles. The molecule has 4 nitrogen and oxygen atoms in total. The van der Waals surface area contributed by atoms with Gasteiger partial charge in [0.2, 0.25) is 0 Å². The number of amides is 1. The number of carbonyl (C=O) groups is 1. The zero-order chi connectivity index (χ0) is 14.9. The lowest BCUT2D eigenvalue weighted by Gasteiger charge is -2.22. The Hall–Kier alpha value is -1.07. The van der Waals surface area contributed by atoms with Gasteiger partial charge in [0.05, 0.1) is 0 Å². The number of carbonyl (C=O) groups excluding carboxylic acids is 1. The second-order valence-corrected chi connectivity index (χ2v) is 6.69. The molecule has 0 spiro atoms. The molecule has 20 heavy (non-hydrogen) atoms. The van der Waals surface area contributed by atoms with Crippen LogP contribution in [-0.2, 0) is 0 Å². The van der Waals surface area contributed by atoms with Crippen molar-refractivity contribution in [2.75, 3.05) is 39.5 Å².